The molecule has 3 rings (SSSR count). The van der Waals surface area contributed by atoms with E-state index in [4.69, 9.17) is 4.74 Å². The molecular formula is C20H22N2O5S. The third-order valence-electron chi connectivity index (χ3n) is 4.54. The number of Topliss-reactive ketones (excluding diaryl/α,β-unsaturated/α-hetero) is 1. The van der Waals surface area contributed by atoms with Gasteiger partial charge in [-0.05, 0) is 24.6 Å². The van der Waals surface area contributed by atoms with E-state index < -0.39 is 15.9 Å². The number of rotatable bonds is 6. The second kappa shape index (κ2) is 8.64. The van der Waals surface area contributed by atoms with Gasteiger partial charge in [-0.3, -0.25) is 9.59 Å². The number of amides is 1. The van der Waals surface area contributed by atoms with Gasteiger partial charge in [0.2, 0.25) is 10.0 Å². The standard InChI is InChI=1S/C20H22N2O5S/c1-15-7-8-17(13-19(15)28(25,26)22-9-11-27-12-10-22)20(24)21-14-18(23)16-5-3-2-4-6-16/h2-8,13H,9-12,14H2,1H3,(H,21,24). The summed E-state index contributed by atoms with van der Waals surface area (Å²) in [5, 5.41) is 2.56. The van der Waals surface area contributed by atoms with Crippen LogP contribution in [0.4, 0.5) is 0 Å². The van der Waals surface area contributed by atoms with E-state index >= 15 is 0 Å². The second-order valence-electron chi connectivity index (χ2n) is 6.47. The van der Waals surface area contributed by atoms with E-state index in [0.29, 0.717) is 24.3 Å². The number of hydrogen-bond donors (Lipinski definition) is 1. The fraction of sp³-hybridized carbons (Fsp3) is 0.300. The lowest BCUT2D eigenvalue weighted by Crippen LogP contribution is -2.41. The van der Waals surface area contributed by atoms with Crippen LogP contribution >= 0.6 is 0 Å². The van der Waals surface area contributed by atoms with E-state index in [1.807, 2.05) is 0 Å². The Morgan fingerprint density at radius 2 is 1.71 bits per heavy atom. The number of aryl methyl sites for hydroxylation is 1. The van der Waals surface area contributed by atoms with E-state index in [9.17, 15) is 18.0 Å². The van der Waals surface area contributed by atoms with Gasteiger partial charge in [0.05, 0.1) is 24.7 Å². The molecule has 1 heterocycles. The summed E-state index contributed by atoms with van der Waals surface area (Å²) in [7, 11) is -3.72. The normalized spacial score (nSPS) is 15.2. The Hall–Kier alpha value is -2.55. The highest BCUT2D eigenvalue weighted by molar-refractivity contribution is 7.89. The molecule has 0 aliphatic carbocycles. The van der Waals surface area contributed by atoms with Gasteiger partial charge in [-0.25, -0.2) is 8.42 Å². The fourth-order valence-electron chi connectivity index (χ4n) is 2.93. The Kier molecular flexibility index (Phi) is 6.23. The maximum absolute atomic E-state index is 12.9. The van der Waals surface area contributed by atoms with Gasteiger partial charge in [0, 0.05) is 24.2 Å². The van der Waals surface area contributed by atoms with Crippen LogP contribution in [0, 0.1) is 6.92 Å². The molecule has 0 unspecified atom stereocenters. The minimum atomic E-state index is -3.72. The first-order chi connectivity index (χ1) is 13.4. The molecule has 1 saturated heterocycles. The van der Waals surface area contributed by atoms with Gasteiger partial charge in [-0.2, -0.15) is 4.31 Å². The van der Waals surface area contributed by atoms with Gasteiger partial charge >= 0.3 is 0 Å². The Balaban J connectivity index is 1.75. The first-order valence-electron chi connectivity index (χ1n) is 8.94. The van der Waals surface area contributed by atoms with Crippen molar-refractivity contribution in [2.75, 3.05) is 32.8 Å². The summed E-state index contributed by atoms with van der Waals surface area (Å²) in [5.41, 5.74) is 1.25. The Bertz CT molecular complexity index is 967. The summed E-state index contributed by atoms with van der Waals surface area (Å²) in [6.45, 7) is 2.78. The Morgan fingerprint density at radius 1 is 1.04 bits per heavy atom. The highest BCUT2D eigenvalue weighted by Crippen LogP contribution is 2.22. The Morgan fingerprint density at radius 3 is 2.39 bits per heavy atom. The molecule has 28 heavy (non-hydrogen) atoms. The minimum absolute atomic E-state index is 0.0939. The lowest BCUT2D eigenvalue weighted by atomic mass is 10.1. The SMILES string of the molecule is Cc1ccc(C(=O)NCC(=O)c2ccccc2)cc1S(=O)(=O)N1CCOCC1. The van der Waals surface area contributed by atoms with E-state index in [1.165, 1.54) is 10.4 Å². The maximum atomic E-state index is 12.9. The van der Waals surface area contributed by atoms with E-state index in [2.05, 4.69) is 5.32 Å². The van der Waals surface area contributed by atoms with Crippen molar-refractivity contribution >= 4 is 21.7 Å². The van der Waals surface area contributed by atoms with Gasteiger partial charge in [0.25, 0.3) is 5.91 Å². The zero-order valence-corrected chi connectivity index (χ0v) is 16.4. The summed E-state index contributed by atoms with van der Waals surface area (Å²) in [5.74, 6) is -0.718. The number of carbonyl (C=O) groups is 2. The molecule has 148 valence electrons. The maximum Gasteiger partial charge on any atom is 0.251 e. The second-order valence-corrected chi connectivity index (χ2v) is 8.37. The highest BCUT2D eigenvalue weighted by atomic mass is 32.2. The van der Waals surface area contributed by atoms with Gasteiger partial charge in [0.15, 0.2) is 5.78 Å². The van der Waals surface area contributed by atoms with Gasteiger partial charge in [-0.1, -0.05) is 36.4 Å². The molecule has 8 heteroatoms. The van der Waals surface area contributed by atoms with E-state index in [1.54, 1.807) is 49.4 Å². The van der Waals surface area contributed by atoms with Crippen molar-refractivity contribution in [2.24, 2.45) is 0 Å². The molecular weight excluding hydrogens is 380 g/mol. The van der Waals surface area contributed by atoms with Gasteiger partial charge < -0.3 is 10.1 Å². The van der Waals surface area contributed by atoms with Crippen LogP contribution in [0.5, 0.6) is 0 Å². The molecule has 0 aromatic heterocycles. The fourth-order valence-corrected chi connectivity index (χ4v) is 4.59. The highest BCUT2D eigenvalue weighted by Gasteiger charge is 2.28. The van der Waals surface area contributed by atoms with Crippen molar-refractivity contribution in [3.8, 4) is 0 Å². The number of nitrogens with zero attached hydrogens (tertiary/aromatic N) is 1. The number of ketones is 1. The Labute approximate surface area is 164 Å². The molecule has 1 aliphatic heterocycles. The quantitative estimate of drug-likeness (QED) is 0.742. The molecule has 1 aliphatic rings. The minimum Gasteiger partial charge on any atom is -0.379 e. The average molecular weight is 402 g/mol. The number of sulfonamides is 1. The average Bonchev–Trinajstić information content (AvgIpc) is 2.73. The number of morpholine rings is 1. The number of nitrogens with one attached hydrogen (secondary N) is 1. The number of benzene rings is 2. The first kappa shape index (κ1) is 20.2. The van der Waals surface area contributed by atoms with E-state index in [0.717, 1.165) is 0 Å². The molecule has 1 fully saturated rings. The largest absolute Gasteiger partial charge is 0.379 e. The van der Waals surface area contributed by atoms with Crippen LogP contribution in [-0.2, 0) is 14.8 Å². The molecule has 7 nitrogen and oxygen atoms in total. The van der Waals surface area contributed by atoms with Crippen LogP contribution in [-0.4, -0.2) is 57.3 Å². The molecule has 0 spiro atoms. The monoisotopic (exact) mass is 402 g/mol. The molecule has 0 saturated carbocycles. The van der Waals surface area contributed by atoms with Crippen molar-refractivity contribution in [2.45, 2.75) is 11.8 Å². The molecule has 1 amide bonds. The van der Waals surface area contributed by atoms with Crippen molar-refractivity contribution < 1.29 is 22.7 Å². The number of hydrogen-bond acceptors (Lipinski definition) is 5. The molecule has 1 N–H and O–H groups in total. The van der Waals surface area contributed by atoms with Crippen molar-refractivity contribution in [1.82, 2.24) is 9.62 Å². The van der Waals surface area contributed by atoms with Crippen LogP contribution in [0.1, 0.15) is 26.3 Å². The van der Waals surface area contributed by atoms with Gasteiger partial charge in [0.1, 0.15) is 0 Å². The van der Waals surface area contributed by atoms with Crippen LogP contribution in [0.3, 0.4) is 0 Å². The lowest BCUT2D eigenvalue weighted by Gasteiger charge is -2.26. The summed E-state index contributed by atoms with van der Waals surface area (Å²) >= 11 is 0. The third-order valence-corrected chi connectivity index (χ3v) is 6.58. The van der Waals surface area contributed by atoms with Crippen LogP contribution in [0.15, 0.2) is 53.4 Å². The van der Waals surface area contributed by atoms with E-state index in [-0.39, 0.29) is 35.9 Å². The topological polar surface area (TPSA) is 92.8 Å². The van der Waals surface area contributed by atoms with Crippen molar-refractivity contribution in [3.05, 3.63) is 65.2 Å². The lowest BCUT2D eigenvalue weighted by molar-refractivity contribution is 0.0730. The molecule has 2 aromatic rings. The predicted octanol–water partition coefficient (Wildman–Crippen LogP) is 1.63. The predicted molar refractivity (Wildman–Crippen MR) is 104 cm³/mol. The van der Waals surface area contributed by atoms with Crippen LogP contribution < -0.4 is 5.32 Å². The number of carbonyl (C=O) groups excluding carboxylic acids is 2. The van der Waals surface area contributed by atoms with Crippen LogP contribution in [0.25, 0.3) is 0 Å². The molecule has 0 radical (unpaired) electrons. The zero-order chi connectivity index (χ0) is 20.1. The molecule has 0 atom stereocenters. The molecule has 2 aromatic carbocycles. The smallest absolute Gasteiger partial charge is 0.251 e. The summed E-state index contributed by atoms with van der Waals surface area (Å²) in [6, 6.07) is 13.2. The summed E-state index contributed by atoms with van der Waals surface area (Å²) < 4.78 is 32.4. The third kappa shape index (κ3) is 4.46. The van der Waals surface area contributed by atoms with Crippen LogP contribution in [0.2, 0.25) is 0 Å². The van der Waals surface area contributed by atoms with Gasteiger partial charge in [-0.15, -0.1) is 0 Å². The zero-order valence-electron chi connectivity index (χ0n) is 15.6. The summed E-state index contributed by atoms with van der Waals surface area (Å²) in [6.07, 6.45) is 0. The van der Waals surface area contributed by atoms with Crippen molar-refractivity contribution in [1.29, 1.82) is 0 Å². The summed E-state index contributed by atoms with van der Waals surface area (Å²) in [4.78, 5) is 24.7. The molecule has 0 bridgehead atoms. The first-order valence-corrected chi connectivity index (χ1v) is 10.4. The number of ether oxygens (including phenoxy) is 1. The van der Waals surface area contributed by atoms with Crippen molar-refractivity contribution in [3.63, 3.8) is 0 Å².